The van der Waals surface area contributed by atoms with Crippen molar-refractivity contribution in [3.63, 3.8) is 0 Å². The summed E-state index contributed by atoms with van der Waals surface area (Å²) in [5.74, 6) is -0.794. The molecule has 60 valence electrons. The number of carboxylic acid groups (broad SMARTS) is 1. The molecule has 10 heavy (non-hydrogen) atoms. The zero-order chi connectivity index (χ0) is 7.98. The Hall–Kier alpha value is -0.0900. The van der Waals surface area contributed by atoms with Gasteiger partial charge in [0.2, 0.25) is 0 Å². The predicted octanol–water partition coefficient (Wildman–Crippen LogP) is 0.964. The lowest BCUT2D eigenvalue weighted by Gasteiger charge is -2.01. The largest absolute Gasteiger partial charge is 0.480 e. The monoisotopic (exact) mass is 209 g/mol. The van der Waals surface area contributed by atoms with E-state index in [1.54, 1.807) is 0 Å². The molecule has 3 nitrogen and oxygen atoms in total. The molecule has 0 heterocycles. The fraction of sp³-hybridized carbons (Fsp3) is 0.833. The summed E-state index contributed by atoms with van der Waals surface area (Å²) in [6.45, 7) is 0.638. The predicted molar refractivity (Wildman–Crippen MR) is 43.3 cm³/mol. The van der Waals surface area contributed by atoms with Crippen molar-refractivity contribution in [1.29, 1.82) is 0 Å². The van der Waals surface area contributed by atoms with Crippen LogP contribution in [-0.2, 0) is 4.79 Å². The number of carboxylic acids is 1. The van der Waals surface area contributed by atoms with Crippen molar-refractivity contribution >= 4 is 21.9 Å². The first-order valence-corrected chi connectivity index (χ1v) is 4.17. The maximum Gasteiger partial charge on any atom is 0.317 e. The highest BCUT2D eigenvalue weighted by Crippen LogP contribution is 2.08. The van der Waals surface area contributed by atoms with Gasteiger partial charge in [-0.1, -0.05) is 22.4 Å². The van der Waals surface area contributed by atoms with Crippen LogP contribution in [0.25, 0.3) is 0 Å². The molecule has 0 bridgehead atoms. The molecule has 0 aliphatic heterocycles. The summed E-state index contributed by atoms with van der Waals surface area (Å²) in [6.07, 6.45) is 2.43. The van der Waals surface area contributed by atoms with Crippen LogP contribution in [0, 0.1) is 0 Å². The van der Waals surface area contributed by atoms with E-state index in [2.05, 4.69) is 15.9 Å². The first kappa shape index (κ1) is 9.91. The Morgan fingerprint density at radius 1 is 1.60 bits per heavy atom. The third kappa shape index (κ3) is 4.76. The number of rotatable bonds is 5. The van der Waals surface area contributed by atoms with Crippen molar-refractivity contribution in [3.05, 3.63) is 0 Å². The Kier molecular flexibility index (Phi) is 5.63. The smallest absolute Gasteiger partial charge is 0.317 e. The van der Waals surface area contributed by atoms with Gasteiger partial charge in [0.1, 0.15) is 4.83 Å². The summed E-state index contributed by atoms with van der Waals surface area (Å²) >= 11 is 3.03. The molecule has 0 aromatic carbocycles. The quantitative estimate of drug-likeness (QED) is 0.524. The van der Waals surface area contributed by atoms with Crippen LogP contribution < -0.4 is 5.73 Å². The molecule has 0 spiro atoms. The maximum atomic E-state index is 10.2. The lowest BCUT2D eigenvalue weighted by Crippen LogP contribution is -2.12. The summed E-state index contributed by atoms with van der Waals surface area (Å²) in [5.41, 5.74) is 5.23. The number of carbonyl (C=O) groups is 1. The van der Waals surface area contributed by atoms with E-state index in [4.69, 9.17) is 10.8 Å². The molecule has 3 N–H and O–H groups in total. The summed E-state index contributed by atoms with van der Waals surface area (Å²) < 4.78 is 0. The Labute approximate surface area is 68.7 Å². The van der Waals surface area contributed by atoms with Gasteiger partial charge in [-0.15, -0.1) is 0 Å². The van der Waals surface area contributed by atoms with Gasteiger partial charge in [-0.25, -0.2) is 0 Å². The van der Waals surface area contributed by atoms with Gasteiger partial charge >= 0.3 is 5.97 Å². The van der Waals surface area contributed by atoms with Crippen molar-refractivity contribution in [2.45, 2.75) is 24.1 Å². The number of hydrogen-bond donors (Lipinski definition) is 2. The van der Waals surface area contributed by atoms with Gasteiger partial charge in [0.15, 0.2) is 0 Å². The van der Waals surface area contributed by atoms with E-state index in [9.17, 15) is 4.79 Å². The van der Waals surface area contributed by atoms with Crippen LogP contribution in [0.1, 0.15) is 19.3 Å². The first-order valence-electron chi connectivity index (χ1n) is 3.25. The second-order valence-corrected chi connectivity index (χ2v) is 3.20. The highest BCUT2D eigenvalue weighted by Gasteiger charge is 2.10. The lowest BCUT2D eigenvalue weighted by molar-refractivity contribution is -0.136. The molecule has 1 atom stereocenters. The van der Waals surface area contributed by atoms with Crippen molar-refractivity contribution < 1.29 is 9.90 Å². The standard InChI is InChI=1S/C6H12BrNO2/c7-5(6(9)10)3-1-2-4-8/h5H,1-4,8H2,(H,9,10). The van der Waals surface area contributed by atoms with Gasteiger partial charge in [-0.05, 0) is 19.4 Å². The number of aliphatic carboxylic acids is 1. The average Bonchev–Trinajstić information content (AvgIpc) is 1.88. The third-order valence-electron chi connectivity index (χ3n) is 1.18. The Balaban J connectivity index is 3.21. The van der Waals surface area contributed by atoms with Crippen LogP contribution in [0.15, 0.2) is 0 Å². The Morgan fingerprint density at radius 3 is 2.60 bits per heavy atom. The van der Waals surface area contributed by atoms with Crippen LogP contribution in [0.5, 0.6) is 0 Å². The molecule has 4 heteroatoms. The summed E-state index contributed by atoms with van der Waals surface area (Å²) in [5, 5.41) is 8.40. The van der Waals surface area contributed by atoms with Crippen molar-refractivity contribution in [1.82, 2.24) is 0 Å². The van der Waals surface area contributed by atoms with E-state index in [0.29, 0.717) is 13.0 Å². The number of nitrogens with two attached hydrogens (primary N) is 1. The first-order chi connectivity index (χ1) is 4.68. The molecule has 0 saturated heterocycles. The van der Waals surface area contributed by atoms with Crippen molar-refractivity contribution in [2.24, 2.45) is 5.73 Å². The summed E-state index contributed by atoms with van der Waals surface area (Å²) in [7, 11) is 0. The molecule has 0 amide bonds. The second kappa shape index (κ2) is 5.68. The van der Waals surface area contributed by atoms with Crippen molar-refractivity contribution in [2.75, 3.05) is 6.54 Å². The third-order valence-corrected chi connectivity index (χ3v) is 2.03. The topological polar surface area (TPSA) is 63.3 Å². The molecule has 0 rings (SSSR count). The second-order valence-electron chi connectivity index (χ2n) is 2.09. The van der Waals surface area contributed by atoms with Crippen LogP contribution >= 0.6 is 15.9 Å². The van der Waals surface area contributed by atoms with E-state index < -0.39 is 10.8 Å². The molecule has 0 aromatic rings. The van der Waals surface area contributed by atoms with Crippen LogP contribution in [0.2, 0.25) is 0 Å². The van der Waals surface area contributed by atoms with Crippen molar-refractivity contribution in [3.8, 4) is 0 Å². The van der Waals surface area contributed by atoms with Gasteiger partial charge in [-0.2, -0.15) is 0 Å². The van der Waals surface area contributed by atoms with E-state index in [0.717, 1.165) is 12.8 Å². The van der Waals surface area contributed by atoms with Crippen LogP contribution in [0.4, 0.5) is 0 Å². The van der Waals surface area contributed by atoms with Gasteiger partial charge in [0, 0.05) is 0 Å². The Morgan fingerprint density at radius 2 is 2.20 bits per heavy atom. The minimum atomic E-state index is -0.794. The summed E-state index contributed by atoms with van der Waals surface area (Å²) in [6, 6.07) is 0. The molecule has 0 fully saturated rings. The molecular weight excluding hydrogens is 198 g/mol. The van der Waals surface area contributed by atoms with E-state index >= 15 is 0 Å². The van der Waals surface area contributed by atoms with Gasteiger partial charge in [0.05, 0.1) is 0 Å². The number of hydrogen-bond acceptors (Lipinski definition) is 2. The molecule has 0 aromatic heterocycles. The number of alkyl halides is 1. The molecule has 0 aliphatic rings. The zero-order valence-corrected chi connectivity index (χ0v) is 7.30. The normalized spacial score (nSPS) is 13.0. The fourth-order valence-electron chi connectivity index (χ4n) is 0.591. The molecule has 0 saturated carbocycles. The molecule has 0 aliphatic carbocycles. The van der Waals surface area contributed by atoms with Crippen LogP contribution in [0.3, 0.4) is 0 Å². The molecule has 0 radical (unpaired) electrons. The SMILES string of the molecule is NCCCCC(Br)C(=O)O. The number of halogens is 1. The van der Waals surface area contributed by atoms with E-state index in [-0.39, 0.29) is 0 Å². The van der Waals surface area contributed by atoms with Gasteiger partial charge < -0.3 is 10.8 Å². The van der Waals surface area contributed by atoms with E-state index in [1.165, 1.54) is 0 Å². The minimum absolute atomic E-state index is 0.404. The van der Waals surface area contributed by atoms with E-state index in [1.807, 2.05) is 0 Å². The average molecular weight is 210 g/mol. The van der Waals surface area contributed by atoms with Gasteiger partial charge in [-0.3, -0.25) is 4.79 Å². The highest BCUT2D eigenvalue weighted by molar-refractivity contribution is 9.10. The molecular formula is C6H12BrNO2. The summed E-state index contributed by atoms with van der Waals surface area (Å²) in [4.78, 5) is 9.81. The van der Waals surface area contributed by atoms with Crippen LogP contribution in [-0.4, -0.2) is 22.4 Å². The lowest BCUT2D eigenvalue weighted by atomic mass is 10.2. The number of unbranched alkanes of at least 4 members (excludes halogenated alkanes) is 1. The maximum absolute atomic E-state index is 10.2. The molecule has 1 unspecified atom stereocenters. The minimum Gasteiger partial charge on any atom is -0.480 e. The highest BCUT2D eigenvalue weighted by atomic mass is 79.9. The fourth-order valence-corrected chi connectivity index (χ4v) is 0.915. The zero-order valence-electron chi connectivity index (χ0n) is 5.72. The van der Waals surface area contributed by atoms with Gasteiger partial charge in [0.25, 0.3) is 0 Å². The Bertz CT molecular complexity index is 108.